The van der Waals surface area contributed by atoms with Crippen LogP contribution in [-0.4, -0.2) is 33.3 Å². The standard InChI is InChI=1S/C20H18O6/c1-20(2)6-5-12-15(26-20)4-3-11(18(12)23)13-9-25-16-8-10(21)7-14(22)17(16)19(13)24/h3-8,13,21-23H,9H2,1-2H3. The number of Topliss-reactive ketones (excluding diaryl/α,β-unsaturated/α-hetero) is 1. The second-order valence-electron chi connectivity index (χ2n) is 7.02. The van der Waals surface area contributed by atoms with E-state index in [1.54, 1.807) is 18.2 Å². The smallest absolute Gasteiger partial charge is 0.181 e. The molecule has 4 rings (SSSR count). The molecule has 0 amide bonds. The molecule has 0 aliphatic carbocycles. The molecule has 2 aliphatic heterocycles. The fraction of sp³-hybridized carbons (Fsp3) is 0.250. The predicted octanol–water partition coefficient (Wildman–Crippen LogP) is 3.35. The summed E-state index contributed by atoms with van der Waals surface area (Å²) in [5.41, 5.74) is 0.441. The van der Waals surface area contributed by atoms with E-state index in [0.717, 1.165) is 6.07 Å². The first-order valence-electron chi connectivity index (χ1n) is 8.24. The number of benzene rings is 2. The molecule has 2 aliphatic rings. The van der Waals surface area contributed by atoms with Crippen LogP contribution in [0.1, 0.15) is 41.3 Å². The van der Waals surface area contributed by atoms with Gasteiger partial charge in [-0.25, -0.2) is 0 Å². The number of hydrogen-bond acceptors (Lipinski definition) is 6. The Bertz CT molecular complexity index is 957. The monoisotopic (exact) mass is 354 g/mol. The van der Waals surface area contributed by atoms with Crippen LogP contribution in [0.2, 0.25) is 0 Å². The molecule has 1 atom stereocenters. The first kappa shape index (κ1) is 16.3. The lowest BCUT2D eigenvalue weighted by atomic mass is 9.86. The highest BCUT2D eigenvalue weighted by Crippen LogP contribution is 2.45. The van der Waals surface area contributed by atoms with Crippen LogP contribution in [0.25, 0.3) is 6.08 Å². The third-order valence-corrected chi connectivity index (χ3v) is 4.64. The first-order valence-corrected chi connectivity index (χ1v) is 8.24. The van der Waals surface area contributed by atoms with E-state index in [9.17, 15) is 20.1 Å². The number of ketones is 1. The van der Waals surface area contributed by atoms with E-state index < -0.39 is 11.5 Å². The van der Waals surface area contributed by atoms with Gasteiger partial charge in [-0.3, -0.25) is 4.79 Å². The van der Waals surface area contributed by atoms with Crippen molar-refractivity contribution in [2.45, 2.75) is 25.4 Å². The van der Waals surface area contributed by atoms with Crippen LogP contribution in [0, 0.1) is 0 Å². The SMILES string of the molecule is CC1(C)C=Cc2c(ccc(C3COc4cc(O)cc(O)c4C3=O)c2O)O1. The number of phenolic OH excluding ortho intramolecular Hbond substituents is 3. The Balaban J connectivity index is 1.77. The molecule has 0 saturated carbocycles. The van der Waals surface area contributed by atoms with Gasteiger partial charge in [0.1, 0.15) is 46.5 Å². The lowest BCUT2D eigenvalue weighted by molar-refractivity contribution is 0.0889. The lowest BCUT2D eigenvalue weighted by Gasteiger charge is -2.30. The molecule has 0 saturated heterocycles. The van der Waals surface area contributed by atoms with Crippen LogP contribution in [0.3, 0.4) is 0 Å². The van der Waals surface area contributed by atoms with Crippen LogP contribution in [0.15, 0.2) is 30.3 Å². The van der Waals surface area contributed by atoms with E-state index in [1.165, 1.54) is 6.07 Å². The third kappa shape index (κ3) is 2.45. The molecule has 0 spiro atoms. The summed E-state index contributed by atoms with van der Waals surface area (Å²) in [6.45, 7) is 3.81. The summed E-state index contributed by atoms with van der Waals surface area (Å²) in [6, 6.07) is 5.73. The van der Waals surface area contributed by atoms with Crippen LogP contribution in [0.4, 0.5) is 0 Å². The van der Waals surface area contributed by atoms with Crippen LogP contribution in [-0.2, 0) is 0 Å². The molecule has 1 unspecified atom stereocenters. The van der Waals surface area contributed by atoms with E-state index in [-0.39, 0.29) is 41.0 Å². The fourth-order valence-electron chi connectivity index (χ4n) is 3.34. The number of rotatable bonds is 1. The van der Waals surface area contributed by atoms with Crippen molar-refractivity contribution in [2.75, 3.05) is 6.61 Å². The summed E-state index contributed by atoms with van der Waals surface area (Å²) in [4.78, 5) is 12.9. The Labute approximate surface area is 149 Å². The van der Waals surface area contributed by atoms with Crippen molar-refractivity contribution >= 4 is 11.9 Å². The second-order valence-corrected chi connectivity index (χ2v) is 7.02. The van der Waals surface area contributed by atoms with Crippen molar-refractivity contribution in [3.63, 3.8) is 0 Å². The summed E-state index contributed by atoms with van der Waals surface area (Å²) in [5, 5.41) is 30.3. The molecule has 2 aromatic carbocycles. The number of fused-ring (bicyclic) bond motifs is 2. The fourth-order valence-corrected chi connectivity index (χ4v) is 3.34. The quantitative estimate of drug-likeness (QED) is 0.727. The second kappa shape index (κ2) is 5.42. The molecule has 134 valence electrons. The number of phenols is 3. The van der Waals surface area contributed by atoms with Crippen molar-refractivity contribution in [1.29, 1.82) is 0 Å². The Hall–Kier alpha value is -3.15. The van der Waals surface area contributed by atoms with Crippen molar-refractivity contribution in [1.82, 2.24) is 0 Å². The van der Waals surface area contributed by atoms with Gasteiger partial charge >= 0.3 is 0 Å². The molecule has 26 heavy (non-hydrogen) atoms. The minimum Gasteiger partial charge on any atom is -0.508 e. The predicted molar refractivity (Wildman–Crippen MR) is 94.2 cm³/mol. The van der Waals surface area contributed by atoms with Crippen LogP contribution < -0.4 is 9.47 Å². The van der Waals surface area contributed by atoms with Gasteiger partial charge in [0.05, 0.1) is 11.5 Å². The molecular weight excluding hydrogens is 336 g/mol. The maximum Gasteiger partial charge on any atom is 0.181 e. The van der Waals surface area contributed by atoms with Gasteiger partial charge in [-0.2, -0.15) is 0 Å². The van der Waals surface area contributed by atoms with Gasteiger partial charge in [-0.1, -0.05) is 6.07 Å². The zero-order chi connectivity index (χ0) is 18.6. The molecule has 2 heterocycles. The van der Waals surface area contributed by atoms with E-state index in [1.807, 2.05) is 19.9 Å². The zero-order valence-electron chi connectivity index (χ0n) is 14.3. The molecule has 3 N–H and O–H groups in total. The molecule has 0 bridgehead atoms. The molecule has 0 fully saturated rings. The van der Waals surface area contributed by atoms with E-state index in [4.69, 9.17) is 9.47 Å². The molecule has 6 nitrogen and oxygen atoms in total. The van der Waals surface area contributed by atoms with Gasteiger partial charge in [0, 0.05) is 17.7 Å². The van der Waals surface area contributed by atoms with Gasteiger partial charge in [-0.15, -0.1) is 0 Å². The Morgan fingerprint density at radius 1 is 1.12 bits per heavy atom. The molecule has 0 radical (unpaired) electrons. The molecule has 6 heteroatoms. The summed E-state index contributed by atoms with van der Waals surface area (Å²) >= 11 is 0. The number of aromatic hydroxyl groups is 3. The normalized spacial score (nSPS) is 19.9. The average molecular weight is 354 g/mol. The molecule has 0 aromatic heterocycles. The minimum absolute atomic E-state index is 0.00284. The highest BCUT2D eigenvalue weighted by molar-refractivity contribution is 6.07. The van der Waals surface area contributed by atoms with Crippen LogP contribution >= 0.6 is 0 Å². The average Bonchev–Trinajstić information content (AvgIpc) is 2.54. The van der Waals surface area contributed by atoms with E-state index in [2.05, 4.69) is 0 Å². The Morgan fingerprint density at radius 2 is 1.88 bits per heavy atom. The van der Waals surface area contributed by atoms with Gasteiger partial charge in [0.25, 0.3) is 0 Å². The first-order chi connectivity index (χ1) is 12.3. The summed E-state index contributed by atoms with van der Waals surface area (Å²) in [5.74, 6) is -1.06. The lowest BCUT2D eigenvalue weighted by Crippen LogP contribution is -2.28. The topological polar surface area (TPSA) is 96.2 Å². The number of carbonyl (C=O) groups excluding carboxylic acids is 1. The Morgan fingerprint density at radius 3 is 2.65 bits per heavy atom. The molecular formula is C20H18O6. The van der Waals surface area contributed by atoms with E-state index in [0.29, 0.717) is 16.9 Å². The number of ether oxygens (including phenoxy) is 2. The number of hydrogen-bond donors (Lipinski definition) is 3. The minimum atomic E-state index is -0.772. The van der Waals surface area contributed by atoms with Crippen LogP contribution in [0.5, 0.6) is 28.7 Å². The Kier molecular flexibility index (Phi) is 3.41. The maximum atomic E-state index is 12.9. The van der Waals surface area contributed by atoms with Gasteiger partial charge < -0.3 is 24.8 Å². The van der Waals surface area contributed by atoms with E-state index >= 15 is 0 Å². The van der Waals surface area contributed by atoms with Gasteiger partial charge in [0.2, 0.25) is 0 Å². The summed E-state index contributed by atoms with van der Waals surface area (Å²) < 4.78 is 11.4. The highest BCUT2D eigenvalue weighted by atomic mass is 16.5. The van der Waals surface area contributed by atoms with Crippen molar-refractivity contribution in [3.05, 3.63) is 47.0 Å². The third-order valence-electron chi connectivity index (χ3n) is 4.64. The highest BCUT2D eigenvalue weighted by Gasteiger charge is 2.36. The molecule has 2 aromatic rings. The van der Waals surface area contributed by atoms with Crippen molar-refractivity contribution < 1.29 is 29.6 Å². The van der Waals surface area contributed by atoms with Gasteiger partial charge in [-0.05, 0) is 32.1 Å². The maximum absolute atomic E-state index is 12.9. The van der Waals surface area contributed by atoms with Gasteiger partial charge in [0.15, 0.2) is 5.78 Å². The largest absolute Gasteiger partial charge is 0.508 e. The van der Waals surface area contributed by atoms with Crippen molar-refractivity contribution in [3.8, 4) is 28.7 Å². The van der Waals surface area contributed by atoms with Crippen molar-refractivity contribution in [2.24, 2.45) is 0 Å². The zero-order valence-corrected chi connectivity index (χ0v) is 14.3. The summed E-state index contributed by atoms with van der Waals surface area (Å²) in [6.07, 6.45) is 3.61. The summed E-state index contributed by atoms with van der Waals surface area (Å²) in [7, 11) is 0. The number of carbonyl (C=O) groups is 1.